The number of benzene rings is 3. The van der Waals surface area contributed by atoms with Gasteiger partial charge in [0.15, 0.2) is 0 Å². The quantitative estimate of drug-likeness (QED) is 0.0883. The minimum atomic E-state index is 0.0999. The van der Waals surface area contributed by atoms with Gasteiger partial charge in [-0.25, -0.2) is 4.98 Å². The Hall–Kier alpha value is -3.55. The molecule has 0 N–H and O–H groups in total. The Morgan fingerprint density at radius 3 is 1.88 bits per heavy atom. The summed E-state index contributed by atoms with van der Waals surface area (Å²) in [5, 5.41) is 0. The highest BCUT2D eigenvalue weighted by Gasteiger charge is 2.19. The molecule has 0 amide bonds. The molecule has 0 atom stereocenters. The largest absolute Gasteiger partial charge is 0.493 e. The van der Waals surface area contributed by atoms with Crippen LogP contribution in [-0.4, -0.2) is 71.8 Å². The van der Waals surface area contributed by atoms with Crippen molar-refractivity contribution in [3.8, 4) is 34.4 Å². The number of rotatable bonds is 20. The van der Waals surface area contributed by atoms with Gasteiger partial charge in [-0.05, 0) is 92.8 Å². The molecule has 0 fully saturated rings. The van der Waals surface area contributed by atoms with Crippen LogP contribution in [0.25, 0.3) is 22.4 Å². The fraction of sp³-hybridized carbons (Fsp3) is 0.537. The lowest BCUT2D eigenvalue weighted by molar-refractivity contribution is 0.243. The van der Waals surface area contributed by atoms with E-state index in [0.717, 1.165) is 117 Å². The predicted molar refractivity (Wildman–Crippen MR) is 201 cm³/mol. The molecule has 3 aromatic carbocycles. The average molecular weight is 657 g/mol. The normalized spacial score (nSPS) is 12.0. The van der Waals surface area contributed by atoms with Crippen molar-refractivity contribution in [1.82, 2.24) is 19.4 Å². The number of nitrogens with zero attached hydrogens (tertiary/aromatic N) is 4. The molecule has 4 aromatic rings. The van der Waals surface area contributed by atoms with E-state index < -0.39 is 0 Å². The molecule has 0 saturated carbocycles. The molecule has 7 nitrogen and oxygen atoms in total. The highest BCUT2D eigenvalue weighted by atomic mass is 16.5. The van der Waals surface area contributed by atoms with Crippen LogP contribution in [-0.2, 0) is 12.0 Å². The second kappa shape index (κ2) is 18.3. The van der Waals surface area contributed by atoms with Gasteiger partial charge >= 0.3 is 0 Å². The molecule has 0 aliphatic heterocycles. The molecular weight excluding hydrogens is 596 g/mol. The van der Waals surface area contributed by atoms with E-state index in [0.29, 0.717) is 13.2 Å². The Morgan fingerprint density at radius 2 is 1.27 bits per heavy atom. The van der Waals surface area contributed by atoms with E-state index in [2.05, 4.69) is 112 Å². The maximum absolute atomic E-state index is 6.55. The lowest BCUT2D eigenvalue weighted by Gasteiger charge is -2.19. The lowest BCUT2D eigenvalue weighted by atomic mass is 9.87. The van der Waals surface area contributed by atoms with E-state index >= 15 is 0 Å². The molecule has 0 aliphatic carbocycles. The Morgan fingerprint density at radius 1 is 0.667 bits per heavy atom. The first-order valence-corrected chi connectivity index (χ1v) is 18.3. The third-order valence-corrected chi connectivity index (χ3v) is 9.16. The number of hydrogen-bond acceptors (Lipinski definition) is 6. The summed E-state index contributed by atoms with van der Waals surface area (Å²) in [4.78, 5) is 10.1. The van der Waals surface area contributed by atoms with Crippen LogP contribution in [0.15, 0.2) is 60.7 Å². The van der Waals surface area contributed by atoms with Crippen molar-refractivity contribution in [3.05, 3.63) is 66.2 Å². The van der Waals surface area contributed by atoms with Gasteiger partial charge in [0, 0.05) is 31.8 Å². The van der Waals surface area contributed by atoms with E-state index in [1.54, 1.807) is 0 Å². The van der Waals surface area contributed by atoms with Gasteiger partial charge < -0.3 is 28.6 Å². The molecule has 0 bridgehead atoms. The van der Waals surface area contributed by atoms with Gasteiger partial charge in [-0.2, -0.15) is 0 Å². The van der Waals surface area contributed by atoms with Gasteiger partial charge in [0.25, 0.3) is 0 Å². The van der Waals surface area contributed by atoms with E-state index in [4.69, 9.17) is 19.2 Å². The van der Waals surface area contributed by atoms with Crippen LogP contribution in [0.3, 0.4) is 0 Å². The highest BCUT2D eigenvalue weighted by Crippen LogP contribution is 2.37. The Labute approximate surface area is 290 Å². The molecule has 0 spiro atoms. The standard InChI is InChI=1S/C41H60N4O3/c1-9-14-27-45-38-24-22-35(48-33-19-17-32(18-20-33)41(6,7)8)30-37(38)42-40(45)36-23-21-34(46-28-15-25-43(10-2)11-3)31-39(36)47-29-16-26-44(12-4)13-5/h17-24,30-31H,9-16,25-29H2,1-8H3. The minimum absolute atomic E-state index is 0.0999. The van der Waals surface area contributed by atoms with Crippen LogP contribution in [0.1, 0.15) is 86.6 Å². The molecule has 0 unspecified atom stereocenters. The van der Waals surface area contributed by atoms with Crippen LogP contribution >= 0.6 is 0 Å². The summed E-state index contributed by atoms with van der Waals surface area (Å²) < 4.78 is 21.4. The summed E-state index contributed by atoms with van der Waals surface area (Å²) in [5.41, 5.74) is 4.38. The first-order chi connectivity index (χ1) is 23.2. The van der Waals surface area contributed by atoms with Crippen molar-refractivity contribution in [1.29, 1.82) is 0 Å². The number of ether oxygens (including phenoxy) is 3. The van der Waals surface area contributed by atoms with Gasteiger partial charge in [-0.1, -0.05) is 73.9 Å². The smallest absolute Gasteiger partial charge is 0.144 e. The third kappa shape index (κ3) is 10.2. The average Bonchev–Trinajstić information content (AvgIpc) is 3.44. The van der Waals surface area contributed by atoms with E-state index in [9.17, 15) is 0 Å². The van der Waals surface area contributed by atoms with Gasteiger partial charge in [0.2, 0.25) is 0 Å². The van der Waals surface area contributed by atoms with Gasteiger partial charge in [-0.15, -0.1) is 0 Å². The van der Waals surface area contributed by atoms with Crippen molar-refractivity contribution >= 4 is 11.0 Å². The number of hydrogen-bond donors (Lipinski definition) is 0. The minimum Gasteiger partial charge on any atom is -0.493 e. The summed E-state index contributed by atoms with van der Waals surface area (Å²) >= 11 is 0. The number of fused-ring (bicyclic) bond motifs is 1. The van der Waals surface area contributed by atoms with E-state index in [1.807, 2.05) is 18.2 Å². The Kier molecular flexibility index (Phi) is 14.2. The number of aryl methyl sites for hydroxylation is 1. The third-order valence-electron chi connectivity index (χ3n) is 9.16. The van der Waals surface area contributed by atoms with Crippen LogP contribution in [0.4, 0.5) is 0 Å². The number of unbranched alkanes of at least 4 members (excludes halogenated alkanes) is 1. The summed E-state index contributed by atoms with van der Waals surface area (Å²) in [6.07, 6.45) is 4.10. The number of imidazole rings is 1. The SMILES string of the molecule is CCCCn1c(-c2ccc(OCCCN(CC)CC)cc2OCCCN(CC)CC)nc2cc(Oc3ccc(C(C)(C)C)cc3)ccc21. The first kappa shape index (κ1) is 37.3. The fourth-order valence-corrected chi connectivity index (χ4v) is 6.01. The molecule has 7 heteroatoms. The van der Waals surface area contributed by atoms with Crippen molar-refractivity contribution in [3.63, 3.8) is 0 Å². The molecule has 0 aliphatic rings. The van der Waals surface area contributed by atoms with E-state index in [-0.39, 0.29) is 5.41 Å². The molecular formula is C41H60N4O3. The van der Waals surface area contributed by atoms with Gasteiger partial charge in [0.05, 0.1) is 29.8 Å². The second-order valence-electron chi connectivity index (χ2n) is 13.6. The molecule has 1 heterocycles. The predicted octanol–water partition coefficient (Wildman–Crippen LogP) is 9.81. The zero-order chi connectivity index (χ0) is 34.5. The Balaban J connectivity index is 1.63. The van der Waals surface area contributed by atoms with Crippen LogP contribution in [0.2, 0.25) is 0 Å². The fourth-order valence-electron chi connectivity index (χ4n) is 6.01. The topological polar surface area (TPSA) is 52.0 Å². The summed E-state index contributed by atoms with van der Waals surface area (Å²) in [6, 6.07) is 20.9. The van der Waals surface area contributed by atoms with Crippen molar-refractivity contribution < 1.29 is 14.2 Å². The Bertz CT molecular complexity index is 1530. The van der Waals surface area contributed by atoms with Crippen LogP contribution in [0.5, 0.6) is 23.0 Å². The molecule has 0 saturated heterocycles. The molecule has 48 heavy (non-hydrogen) atoms. The highest BCUT2D eigenvalue weighted by molar-refractivity contribution is 5.83. The summed E-state index contributed by atoms with van der Waals surface area (Å²) in [5.74, 6) is 4.16. The molecule has 262 valence electrons. The van der Waals surface area contributed by atoms with Crippen molar-refractivity contribution in [2.24, 2.45) is 0 Å². The van der Waals surface area contributed by atoms with Crippen LogP contribution in [0, 0.1) is 0 Å². The van der Waals surface area contributed by atoms with Gasteiger partial charge in [0.1, 0.15) is 28.8 Å². The molecule has 1 aromatic heterocycles. The maximum atomic E-state index is 6.55. The lowest BCUT2D eigenvalue weighted by Crippen LogP contribution is -2.25. The zero-order valence-corrected chi connectivity index (χ0v) is 31.0. The molecule has 0 radical (unpaired) electrons. The first-order valence-electron chi connectivity index (χ1n) is 18.3. The summed E-state index contributed by atoms with van der Waals surface area (Å²) in [7, 11) is 0. The van der Waals surface area contributed by atoms with Crippen LogP contribution < -0.4 is 14.2 Å². The monoisotopic (exact) mass is 656 g/mol. The van der Waals surface area contributed by atoms with Crippen molar-refractivity contribution in [2.75, 3.05) is 52.5 Å². The molecule has 4 rings (SSSR count). The van der Waals surface area contributed by atoms with E-state index in [1.165, 1.54) is 5.56 Å². The zero-order valence-electron chi connectivity index (χ0n) is 31.0. The van der Waals surface area contributed by atoms with Gasteiger partial charge in [-0.3, -0.25) is 0 Å². The maximum Gasteiger partial charge on any atom is 0.144 e. The second-order valence-corrected chi connectivity index (χ2v) is 13.6. The number of aromatic nitrogens is 2. The summed E-state index contributed by atoms with van der Waals surface area (Å²) in [6.45, 7) is 26.2. The van der Waals surface area contributed by atoms with Crippen molar-refractivity contribution in [2.45, 2.75) is 93.0 Å².